The van der Waals surface area contributed by atoms with Crippen LogP contribution < -0.4 is 5.32 Å². The number of halogens is 1. The van der Waals surface area contributed by atoms with Crippen molar-refractivity contribution in [2.24, 2.45) is 0 Å². The van der Waals surface area contributed by atoms with Gasteiger partial charge in [-0.05, 0) is 23.8 Å². The van der Waals surface area contributed by atoms with E-state index in [2.05, 4.69) is 5.32 Å². The first-order chi connectivity index (χ1) is 11.5. The molecule has 0 bridgehead atoms. The molecule has 0 unspecified atom stereocenters. The van der Waals surface area contributed by atoms with Crippen LogP contribution in [0, 0.1) is 5.82 Å². The molecule has 0 aliphatic heterocycles. The molecule has 0 spiro atoms. The van der Waals surface area contributed by atoms with E-state index in [-0.39, 0.29) is 24.2 Å². The van der Waals surface area contributed by atoms with Crippen molar-refractivity contribution in [3.63, 3.8) is 0 Å². The second-order valence-electron chi connectivity index (χ2n) is 5.35. The molecule has 0 saturated carbocycles. The van der Waals surface area contributed by atoms with Crippen LogP contribution in [0.5, 0.6) is 0 Å². The number of carbonyl (C=O) groups excluding carboxylic acids is 2. The highest BCUT2D eigenvalue weighted by atomic mass is 32.2. The second-order valence-corrected chi connectivity index (χ2v) is 6.36. The zero-order valence-corrected chi connectivity index (χ0v) is 14.4. The molecule has 0 fully saturated rings. The first-order valence-corrected chi connectivity index (χ1v) is 8.41. The lowest BCUT2D eigenvalue weighted by Crippen LogP contribution is -2.36. The molecule has 2 aromatic carbocycles. The number of nitrogens with one attached hydrogen (secondary N) is 1. The van der Waals surface area contributed by atoms with Crippen LogP contribution in [0.4, 0.5) is 4.39 Å². The number of carbonyl (C=O) groups is 2. The van der Waals surface area contributed by atoms with Crippen LogP contribution in [0.2, 0.25) is 0 Å². The maximum Gasteiger partial charge on any atom is 0.252 e. The highest BCUT2D eigenvalue weighted by Crippen LogP contribution is 2.27. The molecular formula is C18H19FN2O2S. The Morgan fingerprint density at radius 1 is 1.08 bits per heavy atom. The smallest absolute Gasteiger partial charge is 0.252 e. The van der Waals surface area contributed by atoms with Gasteiger partial charge in [-0.2, -0.15) is 0 Å². The Labute approximate surface area is 145 Å². The van der Waals surface area contributed by atoms with Gasteiger partial charge in [-0.1, -0.05) is 30.3 Å². The summed E-state index contributed by atoms with van der Waals surface area (Å²) >= 11 is 1.39. The lowest BCUT2D eigenvalue weighted by Gasteiger charge is -2.12. The normalized spacial score (nSPS) is 10.3. The second kappa shape index (κ2) is 8.49. The summed E-state index contributed by atoms with van der Waals surface area (Å²) in [6.07, 6.45) is 0. The number of hydrogen-bond acceptors (Lipinski definition) is 3. The Balaban J connectivity index is 2.05. The van der Waals surface area contributed by atoms with E-state index in [0.717, 1.165) is 4.90 Å². The maximum atomic E-state index is 13.7. The minimum absolute atomic E-state index is 0.0574. The van der Waals surface area contributed by atoms with Gasteiger partial charge < -0.3 is 10.2 Å². The Bertz CT molecular complexity index is 734. The number of hydrogen-bond donors (Lipinski definition) is 1. The van der Waals surface area contributed by atoms with Crippen molar-refractivity contribution >= 4 is 23.6 Å². The van der Waals surface area contributed by atoms with E-state index < -0.39 is 0 Å². The van der Waals surface area contributed by atoms with E-state index in [4.69, 9.17) is 0 Å². The van der Waals surface area contributed by atoms with E-state index in [1.807, 2.05) is 12.1 Å². The third-order valence-corrected chi connectivity index (χ3v) is 4.49. The van der Waals surface area contributed by atoms with Crippen molar-refractivity contribution in [2.45, 2.75) is 10.6 Å². The van der Waals surface area contributed by atoms with Crippen molar-refractivity contribution in [2.75, 3.05) is 20.6 Å². The van der Waals surface area contributed by atoms with Crippen molar-refractivity contribution in [1.82, 2.24) is 10.2 Å². The molecule has 2 aromatic rings. The van der Waals surface area contributed by atoms with Crippen molar-refractivity contribution in [1.29, 1.82) is 0 Å². The monoisotopic (exact) mass is 346 g/mol. The third kappa shape index (κ3) is 4.83. The highest BCUT2D eigenvalue weighted by Gasteiger charge is 2.13. The van der Waals surface area contributed by atoms with Crippen molar-refractivity contribution < 1.29 is 14.0 Å². The predicted octanol–water partition coefficient (Wildman–Crippen LogP) is 2.94. The van der Waals surface area contributed by atoms with Crippen LogP contribution in [-0.4, -0.2) is 37.4 Å². The summed E-state index contributed by atoms with van der Waals surface area (Å²) in [5, 5.41) is 2.61. The van der Waals surface area contributed by atoms with Crippen LogP contribution in [0.3, 0.4) is 0 Å². The minimum Gasteiger partial charge on any atom is -0.347 e. The van der Waals surface area contributed by atoms with Gasteiger partial charge in [0, 0.05) is 24.7 Å². The summed E-state index contributed by atoms with van der Waals surface area (Å²) in [7, 11) is 3.26. The number of nitrogens with zero attached hydrogens (tertiary/aromatic N) is 1. The number of amides is 2. The summed E-state index contributed by atoms with van der Waals surface area (Å²) in [6, 6.07) is 13.7. The Morgan fingerprint density at radius 2 is 1.75 bits per heavy atom. The molecule has 6 heteroatoms. The molecule has 126 valence electrons. The number of benzene rings is 2. The number of rotatable bonds is 6. The summed E-state index contributed by atoms with van der Waals surface area (Å²) in [5.41, 5.74) is 1.06. The molecule has 2 amide bonds. The van der Waals surface area contributed by atoms with E-state index in [1.165, 1.54) is 22.7 Å². The minimum atomic E-state index is -0.318. The molecule has 0 saturated heterocycles. The average Bonchev–Trinajstić information content (AvgIpc) is 2.58. The third-order valence-electron chi connectivity index (χ3n) is 3.37. The van der Waals surface area contributed by atoms with E-state index in [1.54, 1.807) is 44.4 Å². The average molecular weight is 346 g/mol. The van der Waals surface area contributed by atoms with Gasteiger partial charge in [0.15, 0.2) is 0 Å². The van der Waals surface area contributed by atoms with Gasteiger partial charge >= 0.3 is 0 Å². The summed E-state index contributed by atoms with van der Waals surface area (Å²) < 4.78 is 13.7. The van der Waals surface area contributed by atoms with Gasteiger partial charge in [-0.25, -0.2) is 4.39 Å². The van der Waals surface area contributed by atoms with Gasteiger partial charge in [0.1, 0.15) is 5.82 Å². The first kappa shape index (κ1) is 18.0. The molecule has 2 rings (SSSR count). The van der Waals surface area contributed by atoms with Gasteiger partial charge in [-0.3, -0.25) is 9.59 Å². The molecule has 1 N–H and O–H groups in total. The quantitative estimate of drug-likeness (QED) is 0.818. The van der Waals surface area contributed by atoms with Crippen molar-refractivity contribution in [3.8, 4) is 0 Å². The van der Waals surface area contributed by atoms with Crippen LogP contribution in [0.15, 0.2) is 53.4 Å². The zero-order valence-electron chi connectivity index (χ0n) is 13.6. The maximum absolute atomic E-state index is 13.7. The summed E-state index contributed by atoms with van der Waals surface area (Å²) in [4.78, 5) is 26.0. The van der Waals surface area contributed by atoms with E-state index in [9.17, 15) is 14.0 Å². The molecule has 0 heterocycles. The van der Waals surface area contributed by atoms with Gasteiger partial charge in [-0.15, -0.1) is 11.8 Å². The highest BCUT2D eigenvalue weighted by molar-refractivity contribution is 7.98. The fraction of sp³-hybridized carbons (Fsp3) is 0.222. The molecule has 0 radical (unpaired) electrons. The Hall–Kier alpha value is -2.34. The van der Waals surface area contributed by atoms with Crippen LogP contribution in [0.25, 0.3) is 0 Å². The lowest BCUT2D eigenvalue weighted by molar-refractivity contribution is -0.127. The van der Waals surface area contributed by atoms with Gasteiger partial charge in [0.2, 0.25) is 5.91 Å². The first-order valence-electron chi connectivity index (χ1n) is 7.42. The zero-order chi connectivity index (χ0) is 17.5. The fourth-order valence-electron chi connectivity index (χ4n) is 1.96. The number of likely N-dealkylation sites (N-methyl/N-ethyl adjacent to an activating group) is 1. The molecule has 0 atom stereocenters. The Kier molecular flexibility index (Phi) is 6.37. The molecule has 0 aliphatic carbocycles. The SMILES string of the molecule is CN(C)C(=O)CNC(=O)c1ccccc1SCc1ccccc1F. The molecule has 0 aliphatic rings. The van der Waals surface area contributed by atoms with Crippen LogP contribution in [0.1, 0.15) is 15.9 Å². The van der Waals surface area contributed by atoms with Gasteiger partial charge in [0.25, 0.3) is 5.91 Å². The topological polar surface area (TPSA) is 49.4 Å². The van der Waals surface area contributed by atoms with Gasteiger partial charge in [0.05, 0.1) is 12.1 Å². The fourth-order valence-corrected chi connectivity index (χ4v) is 3.00. The Morgan fingerprint density at radius 3 is 2.46 bits per heavy atom. The van der Waals surface area contributed by atoms with E-state index >= 15 is 0 Å². The van der Waals surface area contributed by atoms with Crippen LogP contribution in [-0.2, 0) is 10.5 Å². The summed E-state index contributed by atoms with van der Waals surface area (Å²) in [5.74, 6) is -0.335. The molecule has 4 nitrogen and oxygen atoms in total. The standard InChI is InChI=1S/C18H19FN2O2S/c1-21(2)17(22)11-20-18(23)14-8-4-6-10-16(14)24-12-13-7-3-5-9-15(13)19/h3-10H,11-12H2,1-2H3,(H,20,23). The number of thioether (sulfide) groups is 1. The molecule has 0 aromatic heterocycles. The largest absolute Gasteiger partial charge is 0.347 e. The van der Waals surface area contributed by atoms with Crippen molar-refractivity contribution in [3.05, 3.63) is 65.5 Å². The predicted molar refractivity (Wildman–Crippen MR) is 93.4 cm³/mol. The summed E-state index contributed by atoms with van der Waals surface area (Å²) in [6.45, 7) is -0.0574. The van der Waals surface area contributed by atoms with E-state index in [0.29, 0.717) is 16.9 Å². The molecule has 24 heavy (non-hydrogen) atoms. The molecular weight excluding hydrogens is 327 g/mol. The van der Waals surface area contributed by atoms with Crippen LogP contribution >= 0.6 is 11.8 Å². The lowest BCUT2D eigenvalue weighted by atomic mass is 10.2.